The summed E-state index contributed by atoms with van der Waals surface area (Å²) >= 11 is 0. The number of hydrogen-bond acceptors (Lipinski definition) is 0. The monoisotopic (exact) mass is 694 g/mol. The van der Waals surface area contributed by atoms with E-state index >= 15 is 0 Å². The van der Waals surface area contributed by atoms with Crippen LogP contribution >= 0.6 is 0 Å². The van der Waals surface area contributed by atoms with Gasteiger partial charge in [-0.05, 0) is 168 Å². The van der Waals surface area contributed by atoms with Crippen molar-refractivity contribution in [3.8, 4) is 55.6 Å². The van der Waals surface area contributed by atoms with E-state index in [0.717, 1.165) is 0 Å². The van der Waals surface area contributed by atoms with Gasteiger partial charge in [0.15, 0.2) is 0 Å². The summed E-state index contributed by atoms with van der Waals surface area (Å²) in [5, 5.41) is 5.22. The molecule has 8 aromatic rings. The molecule has 262 valence electrons. The molecule has 0 heterocycles. The quantitative estimate of drug-likeness (QED) is 0.162. The van der Waals surface area contributed by atoms with Crippen LogP contribution in [-0.4, -0.2) is 0 Å². The third-order valence-corrected chi connectivity index (χ3v) is 13.4. The predicted octanol–water partition coefficient (Wildman–Crippen LogP) is 14.8. The molecule has 2 aliphatic carbocycles. The van der Waals surface area contributed by atoms with Crippen molar-refractivity contribution in [2.75, 3.05) is 0 Å². The topological polar surface area (TPSA) is 0 Å². The Bertz CT molecular complexity index is 2880. The fraction of sp³-hybridized carbons (Fsp3) is 0.185. The molecule has 0 saturated heterocycles. The van der Waals surface area contributed by atoms with E-state index in [1.54, 1.807) is 0 Å². The smallest absolute Gasteiger partial charge is 0.0159 e. The Kier molecular flexibility index (Phi) is 6.94. The van der Waals surface area contributed by atoms with Crippen LogP contribution in [0.15, 0.2) is 133 Å². The first-order chi connectivity index (χ1) is 26.0. The van der Waals surface area contributed by atoms with Crippen LogP contribution in [0.1, 0.15) is 72.2 Å². The van der Waals surface area contributed by atoms with Gasteiger partial charge in [0.05, 0.1) is 0 Å². The molecule has 0 saturated carbocycles. The SMILES string of the molecule is Cc1cc(C)c(C)c(-c2c3ccccc3c(-c3ccc4c(c3)C(C)(C)c3ccccc3-4)c3cc(-c4ccc5c(c4)C(C)(C)c4ccccc4-5)ccc23)c1C. The second kappa shape index (κ2) is 11.4. The maximum atomic E-state index is 2.51. The van der Waals surface area contributed by atoms with Gasteiger partial charge in [0.25, 0.3) is 0 Å². The molecule has 8 aromatic carbocycles. The van der Waals surface area contributed by atoms with Gasteiger partial charge in [-0.3, -0.25) is 0 Å². The number of benzene rings is 8. The second-order valence-electron chi connectivity index (χ2n) is 17.1. The largest absolute Gasteiger partial charge is 0.0619 e. The van der Waals surface area contributed by atoms with Crippen LogP contribution in [0.5, 0.6) is 0 Å². The summed E-state index contributed by atoms with van der Waals surface area (Å²) in [6.45, 7) is 18.7. The zero-order chi connectivity index (χ0) is 37.3. The van der Waals surface area contributed by atoms with E-state index < -0.39 is 0 Å². The molecule has 0 nitrogen and oxygen atoms in total. The highest BCUT2D eigenvalue weighted by atomic mass is 14.4. The van der Waals surface area contributed by atoms with Crippen molar-refractivity contribution in [1.29, 1.82) is 0 Å². The molecule has 10 rings (SSSR count). The molecule has 0 bridgehead atoms. The van der Waals surface area contributed by atoms with Crippen LogP contribution in [0.3, 0.4) is 0 Å². The minimum Gasteiger partial charge on any atom is -0.0619 e. The number of hydrogen-bond donors (Lipinski definition) is 0. The Balaban J connectivity index is 1.29. The van der Waals surface area contributed by atoms with Gasteiger partial charge in [-0.1, -0.05) is 143 Å². The number of fused-ring (bicyclic) bond motifs is 8. The van der Waals surface area contributed by atoms with Crippen LogP contribution in [0.2, 0.25) is 0 Å². The summed E-state index contributed by atoms with van der Waals surface area (Å²) < 4.78 is 0. The third-order valence-electron chi connectivity index (χ3n) is 13.4. The van der Waals surface area contributed by atoms with Crippen molar-refractivity contribution in [2.45, 2.75) is 66.2 Å². The van der Waals surface area contributed by atoms with E-state index in [-0.39, 0.29) is 10.8 Å². The van der Waals surface area contributed by atoms with Crippen molar-refractivity contribution in [2.24, 2.45) is 0 Å². The maximum absolute atomic E-state index is 2.51. The highest BCUT2D eigenvalue weighted by molar-refractivity contribution is 6.22. The summed E-state index contributed by atoms with van der Waals surface area (Å²) in [4.78, 5) is 0. The maximum Gasteiger partial charge on any atom is 0.0159 e. The molecule has 54 heavy (non-hydrogen) atoms. The Morgan fingerprint density at radius 2 is 0.741 bits per heavy atom. The van der Waals surface area contributed by atoms with E-state index in [2.05, 4.69) is 189 Å². The summed E-state index contributed by atoms with van der Waals surface area (Å²) in [6, 6.07) is 51.1. The van der Waals surface area contributed by atoms with E-state index in [0.29, 0.717) is 0 Å². The van der Waals surface area contributed by atoms with Gasteiger partial charge < -0.3 is 0 Å². The first-order valence-electron chi connectivity index (χ1n) is 19.5. The second-order valence-corrected chi connectivity index (χ2v) is 17.1. The average molecular weight is 695 g/mol. The minimum atomic E-state index is -0.0826. The summed E-state index contributed by atoms with van der Waals surface area (Å²) in [6.07, 6.45) is 0. The Labute approximate surface area is 320 Å². The number of aryl methyl sites for hydroxylation is 2. The third kappa shape index (κ3) is 4.43. The highest BCUT2D eigenvalue weighted by Crippen LogP contribution is 2.53. The highest BCUT2D eigenvalue weighted by Gasteiger charge is 2.37. The van der Waals surface area contributed by atoms with Gasteiger partial charge in [0.2, 0.25) is 0 Å². The fourth-order valence-electron chi connectivity index (χ4n) is 10.3. The fourth-order valence-corrected chi connectivity index (χ4v) is 10.3. The lowest BCUT2D eigenvalue weighted by Gasteiger charge is -2.24. The average Bonchev–Trinajstić information content (AvgIpc) is 3.55. The molecule has 0 aromatic heterocycles. The molecule has 0 fully saturated rings. The van der Waals surface area contributed by atoms with E-state index in [1.807, 2.05) is 0 Å². The van der Waals surface area contributed by atoms with Crippen LogP contribution in [0, 0.1) is 27.7 Å². The molecule has 0 radical (unpaired) electrons. The first kappa shape index (κ1) is 32.9. The molecule has 0 spiro atoms. The lowest BCUT2D eigenvalue weighted by Crippen LogP contribution is -2.15. The number of rotatable bonds is 3. The molecular formula is C54H46. The standard InChI is InChI=1S/C54H46/c1-31-27-32(2)34(4)50(33(31)3)52-43-18-10-9-17-42(43)51(37-23-25-41-39-16-12-14-20-47(39)54(7,8)49(41)30-37)45-28-35(22-26-44(45)52)36-21-24-40-38-15-11-13-19-46(38)53(5,6)48(40)29-36/h9-30H,1-8H3. The van der Waals surface area contributed by atoms with Gasteiger partial charge in [-0.15, -0.1) is 0 Å². The van der Waals surface area contributed by atoms with Crippen LogP contribution in [0.4, 0.5) is 0 Å². The normalized spacial score (nSPS) is 14.6. The molecule has 0 atom stereocenters. The summed E-state index contributed by atoms with van der Waals surface area (Å²) in [5.74, 6) is 0. The Morgan fingerprint density at radius 3 is 1.33 bits per heavy atom. The molecule has 0 aliphatic heterocycles. The van der Waals surface area contributed by atoms with Crippen LogP contribution in [-0.2, 0) is 10.8 Å². The van der Waals surface area contributed by atoms with Crippen molar-refractivity contribution in [3.05, 3.63) is 178 Å². The lowest BCUT2D eigenvalue weighted by molar-refractivity contribution is 0.660. The Hall–Kier alpha value is -5.72. The molecule has 0 heteroatoms. The van der Waals surface area contributed by atoms with Crippen molar-refractivity contribution in [1.82, 2.24) is 0 Å². The van der Waals surface area contributed by atoms with Crippen molar-refractivity contribution in [3.63, 3.8) is 0 Å². The molecule has 2 aliphatic rings. The van der Waals surface area contributed by atoms with E-state index in [9.17, 15) is 0 Å². The summed E-state index contributed by atoms with van der Waals surface area (Å²) in [5.41, 5.74) is 24.2. The van der Waals surface area contributed by atoms with Crippen molar-refractivity contribution >= 4 is 21.5 Å². The van der Waals surface area contributed by atoms with E-state index in [4.69, 9.17) is 0 Å². The molecular weight excluding hydrogens is 649 g/mol. The van der Waals surface area contributed by atoms with Gasteiger partial charge in [0.1, 0.15) is 0 Å². The lowest BCUT2D eigenvalue weighted by atomic mass is 9.79. The first-order valence-corrected chi connectivity index (χ1v) is 19.5. The van der Waals surface area contributed by atoms with Crippen LogP contribution < -0.4 is 0 Å². The molecule has 0 N–H and O–H groups in total. The zero-order valence-electron chi connectivity index (χ0n) is 32.7. The van der Waals surface area contributed by atoms with Gasteiger partial charge in [0, 0.05) is 10.8 Å². The van der Waals surface area contributed by atoms with Gasteiger partial charge in [-0.2, -0.15) is 0 Å². The van der Waals surface area contributed by atoms with Crippen LogP contribution in [0.25, 0.3) is 77.2 Å². The molecule has 0 amide bonds. The van der Waals surface area contributed by atoms with Gasteiger partial charge in [-0.25, -0.2) is 0 Å². The Morgan fingerprint density at radius 1 is 0.315 bits per heavy atom. The van der Waals surface area contributed by atoms with E-state index in [1.165, 1.54) is 122 Å². The molecule has 0 unspecified atom stereocenters. The van der Waals surface area contributed by atoms with Gasteiger partial charge >= 0.3 is 0 Å². The predicted molar refractivity (Wildman–Crippen MR) is 232 cm³/mol. The minimum absolute atomic E-state index is 0.0554. The zero-order valence-corrected chi connectivity index (χ0v) is 32.7. The van der Waals surface area contributed by atoms with Crippen molar-refractivity contribution < 1.29 is 0 Å². The summed E-state index contributed by atoms with van der Waals surface area (Å²) in [7, 11) is 0.